The number of benzene rings is 2. The first-order valence-corrected chi connectivity index (χ1v) is 9.50. The van der Waals surface area contributed by atoms with Crippen LogP contribution < -0.4 is 10.1 Å². The maximum Gasteiger partial charge on any atom is 0.157 e. The van der Waals surface area contributed by atoms with E-state index in [1.54, 1.807) is 46.6 Å². The molecule has 0 saturated heterocycles. The van der Waals surface area contributed by atoms with Crippen LogP contribution in [0.2, 0.25) is 0 Å². The smallest absolute Gasteiger partial charge is 0.157 e. The topological polar surface area (TPSA) is 43.3 Å². The van der Waals surface area contributed by atoms with Crippen molar-refractivity contribution in [2.45, 2.75) is 18.4 Å². The third-order valence-electron chi connectivity index (χ3n) is 3.87. The van der Waals surface area contributed by atoms with Crippen LogP contribution in [0.15, 0.2) is 65.7 Å². The van der Waals surface area contributed by atoms with Crippen LogP contribution in [0.25, 0.3) is 11.3 Å². The molecule has 1 atom stereocenters. The van der Waals surface area contributed by atoms with Gasteiger partial charge in [-0.15, -0.1) is 0 Å². The molecular weight excluding hydrogens is 351 g/mol. The molecule has 0 saturated carbocycles. The molecule has 26 heavy (non-hydrogen) atoms. The summed E-state index contributed by atoms with van der Waals surface area (Å²) in [6.07, 6.45) is 1.79. The van der Waals surface area contributed by atoms with E-state index in [0.29, 0.717) is 35.1 Å². The molecule has 0 aliphatic heterocycles. The van der Waals surface area contributed by atoms with Gasteiger partial charge in [-0.25, -0.2) is 8.60 Å². The van der Waals surface area contributed by atoms with Crippen LogP contribution in [0.1, 0.15) is 12.5 Å². The Bertz CT molecular complexity index is 924. The summed E-state index contributed by atoms with van der Waals surface area (Å²) in [7, 11) is 0.314. The highest BCUT2D eigenvalue weighted by atomic mass is 32.2. The molecule has 0 radical (unpaired) electrons. The number of nitrogens with zero attached hydrogens (tertiary/aromatic N) is 1. The minimum Gasteiger partial charge on any atom is -0.494 e. The van der Waals surface area contributed by atoms with E-state index in [2.05, 4.69) is 5.32 Å². The third-order valence-corrected chi connectivity index (χ3v) is 5.19. The number of ether oxygens (including phenoxy) is 1. The van der Waals surface area contributed by atoms with Gasteiger partial charge in [0, 0.05) is 18.3 Å². The molecule has 1 unspecified atom stereocenters. The standard InChI is InChI=1S/C20H21FN2O2S/c1-3-25-16-7-6-8-17(12-16)26(24)23-14-15(13-22-2)11-20(23)18-9-4-5-10-19(18)21/h4-12,14,22H,3,13H2,1-2H3. The Morgan fingerprint density at radius 1 is 1.15 bits per heavy atom. The SMILES string of the molecule is CCOc1cccc(S(=O)n2cc(CNC)cc2-c2ccccc2F)c1. The van der Waals surface area contributed by atoms with Gasteiger partial charge < -0.3 is 10.1 Å². The van der Waals surface area contributed by atoms with Crippen LogP contribution in [-0.2, 0) is 17.5 Å². The van der Waals surface area contributed by atoms with Crippen LogP contribution in [0, 0.1) is 5.82 Å². The molecule has 3 rings (SSSR count). The summed E-state index contributed by atoms with van der Waals surface area (Å²) in [5.74, 6) is 0.316. The van der Waals surface area contributed by atoms with Gasteiger partial charge in [0.05, 0.1) is 17.2 Å². The Balaban J connectivity index is 2.07. The van der Waals surface area contributed by atoms with Gasteiger partial charge in [0.15, 0.2) is 11.0 Å². The summed E-state index contributed by atoms with van der Waals surface area (Å²) in [5, 5.41) is 3.07. The molecule has 4 nitrogen and oxygen atoms in total. The lowest BCUT2D eigenvalue weighted by Crippen LogP contribution is -2.07. The first-order valence-electron chi connectivity index (χ1n) is 8.40. The Morgan fingerprint density at radius 2 is 1.96 bits per heavy atom. The molecule has 0 amide bonds. The zero-order valence-electron chi connectivity index (χ0n) is 14.7. The zero-order chi connectivity index (χ0) is 18.5. The largest absolute Gasteiger partial charge is 0.494 e. The van der Waals surface area contributed by atoms with E-state index in [9.17, 15) is 8.60 Å². The van der Waals surface area contributed by atoms with Gasteiger partial charge in [-0.1, -0.05) is 18.2 Å². The maximum atomic E-state index is 14.3. The van der Waals surface area contributed by atoms with E-state index in [1.165, 1.54) is 6.07 Å². The van der Waals surface area contributed by atoms with E-state index in [0.717, 1.165) is 5.56 Å². The normalized spacial score (nSPS) is 12.1. The summed E-state index contributed by atoms with van der Waals surface area (Å²) in [6, 6.07) is 15.5. The highest BCUT2D eigenvalue weighted by molar-refractivity contribution is 7.83. The molecule has 0 aliphatic carbocycles. The lowest BCUT2D eigenvalue weighted by atomic mass is 10.1. The number of hydrogen-bond donors (Lipinski definition) is 1. The Labute approximate surface area is 155 Å². The zero-order valence-corrected chi connectivity index (χ0v) is 15.6. The minimum absolute atomic E-state index is 0.345. The number of aromatic nitrogens is 1. The number of nitrogens with one attached hydrogen (secondary N) is 1. The monoisotopic (exact) mass is 372 g/mol. The maximum absolute atomic E-state index is 14.3. The van der Waals surface area contributed by atoms with Crippen molar-refractivity contribution >= 4 is 11.0 Å². The van der Waals surface area contributed by atoms with E-state index in [1.807, 2.05) is 26.1 Å². The van der Waals surface area contributed by atoms with Crippen LogP contribution >= 0.6 is 0 Å². The summed E-state index contributed by atoms with van der Waals surface area (Å²) in [4.78, 5) is 0.597. The predicted octanol–water partition coefficient (Wildman–Crippen LogP) is 3.98. The molecule has 0 bridgehead atoms. The molecule has 2 aromatic carbocycles. The van der Waals surface area contributed by atoms with Gasteiger partial charge in [0.25, 0.3) is 0 Å². The molecule has 6 heteroatoms. The van der Waals surface area contributed by atoms with E-state index in [4.69, 9.17) is 4.74 Å². The van der Waals surface area contributed by atoms with E-state index < -0.39 is 11.0 Å². The minimum atomic E-state index is -1.52. The van der Waals surface area contributed by atoms with Crippen LogP contribution in [0.5, 0.6) is 5.75 Å². The molecule has 1 N–H and O–H groups in total. The van der Waals surface area contributed by atoms with Crippen molar-refractivity contribution in [1.82, 2.24) is 9.29 Å². The van der Waals surface area contributed by atoms with Crippen LogP contribution in [-0.4, -0.2) is 21.8 Å². The first kappa shape index (κ1) is 18.4. The van der Waals surface area contributed by atoms with Crippen LogP contribution in [0.3, 0.4) is 0 Å². The summed E-state index contributed by atoms with van der Waals surface area (Å²) in [5.41, 5.74) is 1.93. The molecule has 3 aromatic rings. The molecule has 0 fully saturated rings. The van der Waals surface area contributed by atoms with Crippen molar-refractivity contribution in [1.29, 1.82) is 0 Å². The summed E-state index contributed by atoms with van der Waals surface area (Å²) < 4.78 is 34.6. The molecular formula is C20H21FN2O2S. The van der Waals surface area contributed by atoms with Gasteiger partial charge in [-0.05, 0) is 55.9 Å². The quantitative estimate of drug-likeness (QED) is 0.682. The van der Waals surface area contributed by atoms with Gasteiger partial charge in [0.2, 0.25) is 0 Å². The highest BCUT2D eigenvalue weighted by Crippen LogP contribution is 2.28. The van der Waals surface area contributed by atoms with Crippen molar-refractivity contribution in [3.8, 4) is 17.0 Å². The summed E-state index contributed by atoms with van der Waals surface area (Å²) in [6.45, 7) is 3.03. The second-order valence-corrected chi connectivity index (χ2v) is 7.09. The number of rotatable bonds is 7. The molecule has 1 aromatic heterocycles. The molecule has 0 aliphatic rings. The molecule has 1 heterocycles. The van der Waals surface area contributed by atoms with Crippen molar-refractivity contribution in [3.63, 3.8) is 0 Å². The van der Waals surface area contributed by atoms with Gasteiger partial charge in [0.1, 0.15) is 11.6 Å². The Hall–Kier alpha value is -2.44. The number of halogens is 1. The van der Waals surface area contributed by atoms with E-state index in [-0.39, 0.29) is 5.82 Å². The predicted molar refractivity (Wildman–Crippen MR) is 102 cm³/mol. The van der Waals surface area contributed by atoms with Crippen molar-refractivity contribution < 1.29 is 13.3 Å². The summed E-state index contributed by atoms with van der Waals surface area (Å²) >= 11 is 0. The van der Waals surface area contributed by atoms with Gasteiger partial charge in [-0.2, -0.15) is 0 Å². The lowest BCUT2D eigenvalue weighted by Gasteiger charge is -2.11. The number of hydrogen-bond acceptors (Lipinski definition) is 3. The second kappa shape index (κ2) is 8.29. The second-order valence-electron chi connectivity index (χ2n) is 5.73. The lowest BCUT2D eigenvalue weighted by molar-refractivity contribution is 0.339. The van der Waals surface area contributed by atoms with Crippen molar-refractivity contribution in [2.75, 3.05) is 13.7 Å². The fourth-order valence-electron chi connectivity index (χ4n) is 2.75. The first-order chi connectivity index (χ1) is 12.6. The average Bonchev–Trinajstić information content (AvgIpc) is 3.06. The third kappa shape index (κ3) is 3.86. The van der Waals surface area contributed by atoms with Gasteiger partial charge in [-0.3, -0.25) is 3.97 Å². The van der Waals surface area contributed by atoms with Gasteiger partial charge >= 0.3 is 0 Å². The van der Waals surface area contributed by atoms with Crippen molar-refractivity contribution in [2.24, 2.45) is 0 Å². The molecule has 136 valence electrons. The molecule has 0 spiro atoms. The van der Waals surface area contributed by atoms with Crippen molar-refractivity contribution in [3.05, 3.63) is 72.2 Å². The van der Waals surface area contributed by atoms with E-state index >= 15 is 0 Å². The fraction of sp³-hybridized carbons (Fsp3) is 0.200. The average molecular weight is 372 g/mol. The Morgan fingerprint density at radius 3 is 2.69 bits per heavy atom. The van der Waals surface area contributed by atoms with Crippen LogP contribution in [0.4, 0.5) is 4.39 Å². The highest BCUT2D eigenvalue weighted by Gasteiger charge is 2.17. The Kier molecular flexibility index (Phi) is 5.85. The fourth-order valence-corrected chi connectivity index (χ4v) is 3.95.